The Morgan fingerprint density at radius 3 is 1.39 bits per heavy atom. The van der Waals surface area contributed by atoms with Crippen molar-refractivity contribution < 1.29 is 9.47 Å². The van der Waals surface area contributed by atoms with Gasteiger partial charge in [0.05, 0.1) is 13.2 Å². The zero-order valence-corrected chi connectivity index (χ0v) is 16.7. The summed E-state index contributed by atoms with van der Waals surface area (Å²) in [7, 11) is 0. The number of ether oxygens (including phenoxy) is 2. The van der Waals surface area contributed by atoms with Gasteiger partial charge in [0, 0.05) is 35.9 Å². The highest BCUT2D eigenvalue weighted by Gasteiger charge is 2.15. The van der Waals surface area contributed by atoms with E-state index in [9.17, 15) is 0 Å². The van der Waals surface area contributed by atoms with Gasteiger partial charge < -0.3 is 9.47 Å². The Hall–Kier alpha value is -2.88. The van der Waals surface area contributed by atoms with Crippen LogP contribution in [-0.2, 0) is 0 Å². The predicted octanol–water partition coefficient (Wildman–Crippen LogP) is 6.17. The second kappa shape index (κ2) is 10.5. The third kappa shape index (κ3) is 5.10. The average molecular weight is 377 g/mol. The molecule has 2 aromatic heterocycles. The number of unbranched alkanes of at least 4 members (excludes halogenated alkanes) is 2. The summed E-state index contributed by atoms with van der Waals surface area (Å²) in [5.41, 5.74) is 4.21. The molecule has 0 fully saturated rings. The van der Waals surface area contributed by atoms with Crippen molar-refractivity contribution in [2.45, 2.75) is 39.5 Å². The Balaban J connectivity index is 2.07. The number of rotatable bonds is 10. The van der Waals surface area contributed by atoms with Crippen molar-refractivity contribution in [3.05, 3.63) is 61.2 Å². The minimum Gasteiger partial charge on any atom is -0.493 e. The molecule has 4 heteroatoms. The summed E-state index contributed by atoms with van der Waals surface area (Å²) in [6.45, 7) is 5.72. The summed E-state index contributed by atoms with van der Waals surface area (Å²) in [5, 5.41) is 0. The van der Waals surface area contributed by atoms with Crippen LogP contribution in [0.2, 0.25) is 0 Å². The van der Waals surface area contributed by atoms with E-state index >= 15 is 0 Å². The number of hydrogen-bond donors (Lipinski definition) is 0. The fourth-order valence-electron chi connectivity index (χ4n) is 2.97. The molecule has 0 saturated heterocycles. The maximum atomic E-state index is 6.18. The lowest BCUT2D eigenvalue weighted by Gasteiger charge is -2.18. The number of hydrogen-bond acceptors (Lipinski definition) is 4. The van der Waals surface area contributed by atoms with Gasteiger partial charge in [0.2, 0.25) is 0 Å². The molecule has 4 nitrogen and oxygen atoms in total. The summed E-state index contributed by atoms with van der Waals surface area (Å²) in [6, 6.07) is 12.2. The molecule has 1 aromatic carbocycles. The zero-order chi connectivity index (χ0) is 19.6. The van der Waals surface area contributed by atoms with E-state index in [2.05, 4.69) is 35.9 Å². The number of pyridine rings is 2. The summed E-state index contributed by atoms with van der Waals surface area (Å²) >= 11 is 0. The number of aromatic nitrogens is 2. The van der Waals surface area contributed by atoms with Crippen LogP contribution < -0.4 is 9.47 Å². The first kappa shape index (κ1) is 19.9. The molecule has 0 unspecified atom stereocenters. The van der Waals surface area contributed by atoms with E-state index in [1.807, 2.05) is 24.3 Å². The molecule has 3 rings (SSSR count). The molecule has 0 N–H and O–H groups in total. The first-order chi connectivity index (χ1) is 13.8. The second-order valence-corrected chi connectivity index (χ2v) is 6.72. The molecule has 0 radical (unpaired) electrons. The first-order valence-corrected chi connectivity index (χ1v) is 10.1. The van der Waals surface area contributed by atoms with Crippen LogP contribution in [0.5, 0.6) is 11.5 Å². The van der Waals surface area contributed by atoms with Crippen molar-refractivity contribution in [2.24, 2.45) is 0 Å². The van der Waals surface area contributed by atoms with Crippen molar-refractivity contribution in [3.8, 4) is 33.8 Å². The lowest BCUT2D eigenvalue weighted by molar-refractivity contribution is 0.303. The van der Waals surface area contributed by atoms with Crippen molar-refractivity contribution in [2.75, 3.05) is 13.2 Å². The molecule has 0 aliphatic heterocycles. The highest BCUT2D eigenvalue weighted by atomic mass is 16.5. The van der Waals surface area contributed by atoms with E-state index in [-0.39, 0.29) is 0 Å². The maximum absolute atomic E-state index is 6.18. The van der Waals surface area contributed by atoms with E-state index < -0.39 is 0 Å². The maximum Gasteiger partial charge on any atom is 0.128 e. The summed E-state index contributed by atoms with van der Waals surface area (Å²) < 4.78 is 12.4. The lowest BCUT2D eigenvalue weighted by atomic mass is 9.99. The zero-order valence-electron chi connectivity index (χ0n) is 16.7. The Kier molecular flexibility index (Phi) is 7.42. The predicted molar refractivity (Wildman–Crippen MR) is 114 cm³/mol. The summed E-state index contributed by atoms with van der Waals surface area (Å²) in [6.07, 6.45) is 11.5. The molecular formula is C24H28N2O2. The molecule has 0 aliphatic carbocycles. The van der Waals surface area contributed by atoms with E-state index in [4.69, 9.17) is 9.47 Å². The van der Waals surface area contributed by atoms with Gasteiger partial charge in [-0.2, -0.15) is 0 Å². The van der Waals surface area contributed by atoms with Gasteiger partial charge >= 0.3 is 0 Å². The first-order valence-electron chi connectivity index (χ1n) is 10.1. The van der Waals surface area contributed by atoms with Crippen molar-refractivity contribution >= 4 is 0 Å². The second-order valence-electron chi connectivity index (χ2n) is 6.72. The smallest absolute Gasteiger partial charge is 0.128 e. The monoisotopic (exact) mass is 376 g/mol. The summed E-state index contributed by atoms with van der Waals surface area (Å²) in [5.74, 6) is 1.74. The molecule has 28 heavy (non-hydrogen) atoms. The van der Waals surface area contributed by atoms with Crippen molar-refractivity contribution in [1.82, 2.24) is 9.97 Å². The minimum absolute atomic E-state index is 0.695. The van der Waals surface area contributed by atoms with Gasteiger partial charge in [-0.3, -0.25) is 9.97 Å². The molecule has 0 amide bonds. The van der Waals surface area contributed by atoms with Crippen LogP contribution in [0.4, 0.5) is 0 Å². The van der Waals surface area contributed by atoms with Crippen molar-refractivity contribution in [1.29, 1.82) is 0 Å². The SMILES string of the molecule is CCCCOc1cc(-c2ccncc2)c(OCCCC)cc1-c1ccncc1. The standard InChI is InChI=1S/C24H28N2O2/c1-3-5-15-27-23-17-22(20-9-13-26-14-10-20)24(28-16-6-4-2)18-21(23)19-7-11-25-12-8-19/h7-14,17-18H,3-6,15-16H2,1-2H3. The van der Waals surface area contributed by atoms with Gasteiger partial charge in [-0.05, 0) is 60.4 Å². The molecule has 2 heterocycles. The molecule has 0 atom stereocenters. The quantitative estimate of drug-likeness (QED) is 0.397. The number of nitrogens with zero attached hydrogens (tertiary/aromatic N) is 2. The molecular weight excluding hydrogens is 348 g/mol. The summed E-state index contributed by atoms with van der Waals surface area (Å²) in [4.78, 5) is 8.29. The van der Waals surface area contributed by atoms with Crippen LogP contribution >= 0.6 is 0 Å². The molecule has 0 bridgehead atoms. The Labute approximate surface area is 167 Å². The Morgan fingerprint density at radius 1 is 0.643 bits per heavy atom. The topological polar surface area (TPSA) is 44.2 Å². The third-order valence-corrected chi connectivity index (χ3v) is 4.58. The average Bonchev–Trinajstić information content (AvgIpc) is 2.76. The fraction of sp³-hybridized carbons (Fsp3) is 0.333. The number of benzene rings is 1. The normalized spacial score (nSPS) is 10.6. The largest absolute Gasteiger partial charge is 0.493 e. The van der Waals surface area contributed by atoms with Gasteiger partial charge in [0.15, 0.2) is 0 Å². The van der Waals surface area contributed by atoms with Crippen LogP contribution in [0, 0.1) is 0 Å². The fourth-order valence-corrected chi connectivity index (χ4v) is 2.97. The van der Waals surface area contributed by atoms with E-state index in [0.717, 1.165) is 59.4 Å². The van der Waals surface area contributed by atoms with Crippen LogP contribution in [0.15, 0.2) is 61.2 Å². The van der Waals surface area contributed by atoms with Gasteiger partial charge in [-0.1, -0.05) is 26.7 Å². The van der Waals surface area contributed by atoms with E-state index in [0.29, 0.717) is 13.2 Å². The van der Waals surface area contributed by atoms with E-state index in [1.165, 1.54) is 0 Å². The van der Waals surface area contributed by atoms with Gasteiger partial charge in [0.25, 0.3) is 0 Å². The molecule has 3 aromatic rings. The molecule has 0 aliphatic rings. The highest BCUT2D eigenvalue weighted by molar-refractivity contribution is 5.81. The lowest BCUT2D eigenvalue weighted by Crippen LogP contribution is -2.02. The third-order valence-electron chi connectivity index (χ3n) is 4.58. The van der Waals surface area contributed by atoms with Gasteiger partial charge in [-0.25, -0.2) is 0 Å². The van der Waals surface area contributed by atoms with Gasteiger partial charge in [0.1, 0.15) is 11.5 Å². The van der Waals surface area contributed by atoms with Crippen LogP contribution in [0.3, 0.4) is 0 Å². The highest BCUT2D eigenvalue weighted by Crippen LogP contribution is 2.41. The van der Waals surface area contributed by atoms with Gasteiger partial charge in [-0.15, -0.1) is 0 Å². The molecule has 0 saturated carbocycles. The minimum atomic E-state index is 0.695. The van der Waals surface area contributed by atoms with E-state index in [1.54, 1.807) is 24.8 Å². The van der Waals surface area contributed by atoms with Crippen molar-refractivity contribution in [3.63, 3.8) is 0 Å². The Bertz CT molecular complexity index is 778. The van der Waals surface area contributed by atoms with Crippen LogP contribution in [0.1, 0.15) is 39.5 Å². The Morgan fingerprint density at radius 2 is 1.04 bits per heavy atom. The van der Waals surface area contributed by atoms with Crippen LogP contribution in [-0.4, -0.2) is 23.2 Å². The molecule has 0 spiro atoms. The van der Waals surface area contributed by atoms with Crippen LogP contribution in [0.25, 0.3) is 22.3 Å². The molecule has 146 valence electrons.